The fourth-order valence-corrected chi connectivity index (χ4v) is 5.61. The molecule has 9 nitrogen and oxygen atoms in total. The summed E-state index contributed by atoms with van der Waals surface area (Å²) in [5, 5.41) is 13.5. The van der Waals surface area contributed by atoms with Gasteiger partial charge in [-0.05, 0) is 25.1 Å². The number of benzene rings is 2. The molecule has 0 saturated heterocycles. The first-order valence-electron chi connectivity index (χ1n) is 12.2. The monoisotopic (exact) mass is 516 g/mol. The van der Waals surface area contributed by atoms with E-state index in [1.54, 1.807) is 41.8 Å². The highest BCUT2D eigenvalue weighted by atomic mass is 35.5. The van der Waals surface area contributed by atoms with Gasteiger partial charge in [-0.2, -0.15) is 0 Å². The predicted molar refractivity (Wildman–Crippen MR) is 138 cm³/mol. The lowest BCUT2D eigenvalue weighted by Crippen LogP contribution is -2.50. The molecule has 0 saturated carbocycles. The van der Waals surface area contributed by atoms with E-state index in [0.29, 0.717) is 48.1 Å². The molecule has 188 valence electrons. The van der Waals surface area contributed by atoms with Gasteiger partial charge in [0.1, 0.15) is 12.1 Å². The van der Waals surface area contributed by atoms with Crippen molar-refractivity contribution in [3.63, 3.8) is 0 Å². The SMILES string of the molecule is C[C@H]1c2nncn2CCN1C(=O)C[C@@]1(C(=O)Nc2cncc3ccccc23)CCOc2ccc(Cl)cc21. The number of nitrogens with one attached hydrogen (secondary N) is 1. The van der Waals surface area contributed by atoms with Crippen LogP contribution < -0.4 is 10.1 Å². The van der Waals surface area contributed by atoms with Crippen molar-refractivity contribution in [3.8, 4) is 5.75 Å². The maximum Gasteiger partial charge on any atom is 0.235 e. The molecule has 37 heavy (non-hydrogen) atoms. The zero-order valence-corrected chi connectivity index (χ0v) is 21.0. The van der Waals surface area contributed by atoms with Gasteiger partial charge >= 0.3 is 0 Å². The van der Waals surface area contributed by atoms with Gasteiger partial charge in [-0.25, -0.2) is 0 Å². The van der Waals surface area contributed by atoms with Crippen LogP contribution in [-0.4, -0.2) is 49.6 Å². The average molecular weight is 517 g/mol. The van der Waals surface area contributed by atoms with Crippen molar-refractivity contribution in [1.29, 1.82) is 0 Å². The number of carbonyl (C=O) groups excluding carboxylic acids is 2. The third-order valence-corrected chi connectivity index (χ3v) is 7.67. The van der Waals surface area contributed by atoms with Gasteiger partial charge in [0.2, 0.25) is 11.8 Å². The lowest BCUT2D eigenvalue weighted by atomic mass is 9.72. The molecule has 0 aliphatic carbocycles. The van der Waals surface area contributed by atoms with Crippen molar-refractivity contribution in [1.82, 2.24) is 24.6 Å². The molecule has 0 unspecified atom stereocenters. The van der Waals surface area contributed by atoms with Gasteiger partial charge in [-0.15, -0.1) is 10.2 Å². The van der Waals surface area contributed by atoms with Crippen LogP contribution in [0, 0.1) is 0 Å². The number of anilines is 1. The van der Waals surface area contributed by atoms with E-state index in [-0.39, 0.29) is 24.3 Å². The molecule has 2 amide bonds. The first kappa shape index (κ1) is 23.4. The molecule has 10 heteroatoms. The molecule has 0 fully saturated rings. The Morgan fingerprint density at radius 3 is 2.95 bits per heavy atom. The van der Waals surface area contributed by atoms with E-state index in [4.69, 9.17) is 16.3 Å². The van der Waals surface area contributed by atoms with Gasteiger partial charge < -0.3 is 19.5 Å². The first-order chi connectivity index (χ1) is 18.0. The zero-order chi connectivity index (χ0) is 25.6. The highest BCUT2D eigenvalue weighted by molar-refractivity contribution is 6.30. The number of hydrogen-bond donors (Lipinski definition) is 1. The molecule has 0 radical (unpaired) electrons. The van der Waals surface area contributed by atoms with E-state index in [9.17, 15) is 9.59 Å². The number of fused-ring (bicyclic) bond motifs is 3. The smallest absolute Gasteiger partial charge is 0.235 e. The van der Waals surface area contributed by atoms with Gasteiger partial charge in [0, 0.05) is 53.5 Å². The summed E-state index contributed by atoms with van der Waals surface area (Å²) >= 11 is 6.39. The van der Waals surface area contributed by atoms with Gasteiger partial charge in [0.05, 0.1) is 29.9 Å². The van der Waals surface area contributed by atoms with E-state index in [1.807, 2.05) is 35.8 Å². The normalized spacial score (nSPS) is 20.6. The minimum Gasteiger partial charge on any atom is -0.493 e. The Balaban J connectivity index is 1.39. The minimum absolute atomic E-state index is 0.0355. The number of rotatable bonds is 4. The van der Waals surface area contributed by atoms with Crippen LogP contribution in [0.1, 0.15) is 37.2 Å². The van der Waals surface area contributed by atoms with Crippen LogP contribution in [0.3, 0.4) is 0 Å². The van der Waals surface area contributed by atoms with Crippen LogP contribution in [-0.2, 0) is 21.5 Å². The third-order valence-electron chi connectivity index (χ3n) is 7.44. The summed E-state index contributed by atoms with van der Waals surface area (Å²) in [6.07, 6.45) is 5.36. The summed E-state index contributed by atoms with van der Waals surface area (Å²) in [7, 11) is 0. The fourth-order valence-electron chi connectivity index (χ4n) is 5.44. The predicted octanol–water partition coefficient (Wildman–Crippen LogP) is 4.13. The molecule has 2 aromatic carbocycles. The quantitative estimate of drug-likeness (QED) is 0.437. The zero-order valence-electron chi connectivity index (χ0n) is 20.2. The number of pyridine rings is 1. The molecule has 2 aliphatic rings. The van der Waals surface area contributed by atoms with E-state index in [0.717, 1.165) is 16.6 Å². The van der Waals surface area contributed by atoms with E-state index in [2.05, 4.69) is 20.5 Å². The van der Waals surface area contributed by atoms with Crippen LogP contribution in [0.15, 0.2) is 61.2 Å². The second-order valence-corrected chi connectivity index (χ2v) is 9.94. The highest BCUT2D eigenvalue weighted by Crippen LogP contribution is 2.44. The molecule has 6 rings (SSSR count). The van der Waals surface area contributed by atoms with Crippen molar-refractivity contribution >= 4 is 39.9 Å². The molecule has 0 spiro atoms. The number of hydrogen-bond acceptors (Lipinski definition) is 6. The number of amides is 2. The number of aromatic nitrogens is 4. The fraction of sp³-hybridized carbons (Fsp3) is 0.296. The number of carbonyl (C=O) groups is 2. The summed E-state index contributed by atoms with van der Waals surface area (Å²) < 4.78 is 7.84. The van der Waals surface area contributed by atoms with Crippen molar-refractivity contribution in [3.05, 3.63) is 77.6 Å². The Labute approximate surface area is 218 Å². The molecule has 4 heterocycles. The van der Waals surface area contributed by atoms with Crippen LogP contribution in [0.2, 0.25) is 5.02 Å². The van der Waals surface area contributed by atoms with Crippen molar-refractivity contribution in [2.75, 3.05) is 18.5 Å². The summed E-state index contributed by atoms with van der Waals surface area (Å²) in [4.78, 5) is 34.2. The first-order valence-corrected chi connectivity index (χ1v) is 12.6. The summed E-state index contributed by atoms with van der Waals surface area (Å²) in [6.45, 7) is 3.34. The molecule has 2 aromatic heterocycles. The van der Waals surface area contributed by atoms with Gasteiger partial charge in [-0.1, -0.05) is 35.9 Å². The molecule has 2 atom stereocenters. The maximum absolute atomic E-state index is 14.2. The molecular weight excluding hydrogens is 492 g/mol. The van der Waals surface area contributed by atoms with Crippen molar-refractivity contribution in [2.45, 2.75) is 37.8 Å². The average Bonchev–Trinajstić information content (AvgIpc) is 3.39. The van der Waals surface area contributed by atoms with Crippen molar-refractivity contribution in [2.24, 2.45) is 0 Å². The Hall–Kier alpha value is -3.98. The minimum atomic E-state index is -1.18. The van der Waals surface area contributed by atoms with E-state index >= 15 is 0 Å². The number of ether oxygens (including phenoxy) is 1. The second kappa shape index (κ2) is 9.15. The van der Waals surface area contributed by atoms with Crippen LogP contribution >= 0.6 is 11.6 Å². The second-order valence-electron chi connectivity index (χ2n) is 9.51. The van der Waals surface area contributed by atoms with E-state index < -0.39 is 5.41 Å². The van der Waals surface area contributed by atoms with Crippen LogP contribution in [0.4, 0.5) is 5.69 Å². The van der Waals surface area contributed by atoms with Gasteiger partial charge in [0.25, 0.3) is 0 Å². The summed E-state index contributed by atoms with van der Waals surface area (Å²) in [5.41, 5.74) is 0.0136. The molecular formula is C27H25ClN6O3. The largest absolute Gasteiger partial charge is 0.493 e. The topological polar surface area (TPSA) is 102 Å². The Bertz CT molecular complexity index is 1520. The van der Waals surface area contributed by atoms with Crippen LogP contribution in [0.5, 0.6) is 5.75 Å². The van der Waals surface area contributed by atoms with Crippen LogP contribution in [0.25, 0.3) is 10.8 Å². The van der Waals surface area contributed by atoms with Gasteiger partial charge in [0.15, 0.2) is 5.82 Å². The maximum atomic E-state index is 14.2. The molecule has 4 aromatic rings. The molecule has 1 N–H and O–H groups in total. The highest BCUT2D eigenvalue weighted by Gasteiger charge is 2.48. The summed E-state index contributed by atoms with van der Waals surface area (Å²) in [6, 6.07) is 12.7. The van der Waals surface area contributed by atoms with E-state index in [1.165, 1.54) is 0 Å². The Morgan fingerprint density at radius 2 is 2.05 bits per heavy atom. The number of halogens is 1. The number of nitrogens with zero attached hydrogens (tertiary/aromatic N) is 5. The third kappa shape index (κ3) is 3.99. The lowest BCUT2D eigenvalue weighted by molar-refractivity contribution is -0.139. The molecule has 2 aliphatic heterocycles. The standard InChI is InChI=1S/C27H25ClN6O3/c1-17-25-32-30-16-33(25)9-10-34(17)24(35)13-27(8-11-37-23-7-6-19(28)12-21(23)27)26(36)31-22-15-29-14-18-4-2-3-5-20(18)22/h2-7,12,14-17H,8-11,13H2,1H3,(H,31,36)/t17-,27-/m0/s1. The Kier molecular flexibility index (Phi) is 5.79. The van der Waals surface area contributed by atoms with Gasteiger partial charge in [-0.3, -0.25) is 14.6 Å². The molecule has 0 bridgehead atoms. The van der Waals surface area contributed by atoms with Crippen molar-refractivity contribution < 1.29 is 14.3 Å². The Morgan fingerprint density at radius 1 is 1.19 bits per heavy atom. The summed E-state index contributed by atoms with van der Waals surface area (Å²) in [5.74, 6) is 0.857. The lowest BCUT2D eigenvalue weighted by Gasteiger charge is -2.40.